The van der Waals surface area contributed by atoms with Crippen molar-refractivity contribution >= 4 is 27.1 Å². The third-order valence-electron chi connectivity index (χ3n) is 6.73. The molecule has 3 heterocycles. The van der Waals surface area contributed by atoms with Gasteiger partial charge in [0.25, 0.3) is 0 Å². The summed E-state index contributed by atoms with van der Waals surface area (Å²) >= 11 is 3.43. The average molecular weight is 593 g/mol. The molecule has 0 saturated heterocycles. The number of tetrazole rings is 1. The highest BCUT2D eigenvalue weighted by atomic mass is 79.9. The summed E-state index contributed by atoms with van der Waals surface area (Å²) in [5.74, 6) is 1.62. The standard InChI is InChI=1S/C29H31BrFN7O/c1-4-6-11-27-32-25-16-24(30)26(17-31)33-29(25)37(27)18-20-12-14-21(15-13-20)22-9-7-8-10-23(22)28-34-35-36-38(28)19(3)39-5-2/h7-10,12-16,19H,4-6,11,17-18H2,1-3H3. The predicted molar refractivity (Wildman–Crippen MR) is 153 cm³/mol. The number of unbranched alkanes of at least 4 members (excludes halogenated alkanes) is 1. The second kappa shape index (κ2) is 12.1. The van der Waals surface area contributed by atoms with Crippen LogP contribution >= 0.6 is 15.9 Å². The number of halogens is 2. The molecular weight excluding hydrogens is 561 g/mol. The number of benzene rings is 2. The Kier molecular flexibility index (Phi) is 8.42. The van der Waals surface area contributed by atoms with Crippen molar-refractivity contribution in [3.8, 4) is 22.5 Å². The van der Waals surface area contributed by atoms with Gasteiger partial charge in [-0.15, -0.1) is 5.10 Å². The van der Waals surface area contributed by atoms with Crippen molar-refractivity contribution < 1.29 is 9.13 Å². The topological polar surface area (TPSA) is 83.5 Å². The van der Waals surface area contributed by atoms with Crippen LogP contribution in [0.2, 0.25) is 0 Å². The summed E-state index contributed by atoms with van der Waals surface area (Å²) in [6.45, 7) is 6.58. The molecule has 10 heteroatoms. The molecule has 0 aliphatic heterocycles. The minimum atomic E-state index is -0.632. The van der Waals surface area contributed by atoms with Gasteiger partial charge in [0.2, 0.25) is 0 Å². The van der Waals surface area contributed by atoms with E-state index in [4.69, 9.17) is 9.72 Å². The van der Waals surface area contributed by atoms with E-state index in [1.807, 2.05) is 38.1 Å². The van der Waals surface area contributed by atoms with Gasteiger partial charge >= 0.3 is 0 Å². The number of nitrogens with zero attached hydrogens (tertiary/aromatic N) is 7. The molecule has 5 rings (SSSR count). The summed E-state index contributed by atoms with van der Waals surface area (Å²) in [4.78, 5) is 9.45. The van der Waals surface area contributed by atoms with Gasteiger partial charge in [-0.2, -0.15) is 4.68 Å². The van der Waals surface area contributed by atoms with Gasteiger partial charge in [0.1, 0.15) is 18.0 Å². The molecule has 0 aliphatic carbocycles. The number of pyridine rings is 1. The molecule has 1 unspecified atom stereocenters. The first-order valence-corrected chi connectivity index (χ1v) is 14.0. The lowest BCUT2D eigenvalue weighted by molar-refractivity contribution is 0.0159. The molecule has 0 amide bonds. The molecule has 1 atom stereocenters. The maximum absolute atomic E-state index is 13.6. The van der Waals surface area contributed by atoms with Gasteiger partial charge in [0.05, 0.1) is 12.2 Å². The highest BCUT2D eigenvalue weighted by molar-refractivity contribution is 9.10. The maximum Gasteiger partial charge on any atom is 0.185 e. The van der Waals surface area contributed by atoms with E-state index >= 15 is 0 Å². The molecule has 0 fully saturated rings. The van der Waals surface area contributed by atoms with E-state index in [1.165, 1.54) is 0 Å². The molecule has 0 saturated carbocycles. The van der Waals surface area contributed by atoms with Crippen molar-refractivity contribution in [1.82, 2.24) is 34.7 Å². The van der Waals surface area contributed by atoms with E-state index in [-0.39, 0.29) is 6.23 Å². The second-order valence-corrected chi connectivity index (χ2v) is 10.2. The molecule has 0 spiro atoms. The van der Waals surface area contributed by atoms with E-state index < -0.39 is 6.67 Å². The minimum Gasteiger partial charge on any atom is -0.357 e. The van der Waals surface area contributed by atoms with Crippen LogP contribution in [0.3, 0.4) is 0 Å². The monoisotopic (exact) mass is 591 g/mol. The van der Waals surface area contributed by atoms with Gasteiger partial charge < -0.3 is 9.30 Å². The van der Waals surface area contributed by atoms with Gasteiger partial charge in [0, 0.05) is 23.1 Å². The molecule has 39 heavy (non-hydrogen) atoms. The third-order valence-corrected chi connectivity index (χ3v) is 7.41. The molecule has 2 aromatic carbocycles. The van der Waals surface area contributed by atoms with Crippen LogP contribution in [0.4, 0.5) is 4.39 Å². The van der Waals surface area contributed by atoms with E-state index in [9.17, 15) is 4.39 Å². The number of fused-ring (bicyclic) bond motifs is 1. The number of hydrogen-bond donors (Lipinski definition) is 0. The van der Waals surface area contributed by atoms with Crippen molar-refractivity contribution in [2.75, 3.05) is 6.61 Å². The molecule has 0 bridgehead atoms. The number of hydrogen-bond acceptors (Lipinski definition) is 6. The van der Waals surface area contributed by atoms with E-state index in [0.717, 1.165) is 52.9 Å². The van der Waals surface area contributed by atoms with Crippen molar-refractivity contribution in [3.05, 3.63) is 76.2 Å². The van der Waals surface area contributed by atoms with Gasteiger partial charge in [0.15, 0.2) is 17.7 Å². The van der Waals surface area contributed by atoms with Crippen LogP contribution in [0.1, 0.15) is 56.9 Å². The first-order chi connectivity index (χ1) is 19.0. The Morgan fingerprint density at radius 3 is 2.51 bits per heavy atom. The Hall–Kier alpha value is -3.50. The van der Waals surface area contributed by atoms with Crippen LogP contribution in [0.5, 0.6) is 0 Å². The average Bonchev–Trinajstić information content (AvgIpc) is 3.57. The molecular formula is C29H31BrFN7O. The summed E-state index contributed by atoms with van der Waals surface area (Å²) in [6, 6.07) is 18.4. The zero-order chi connectivity index (χ0) is 27.4. The number of aromatic nitrogens is 7. The van der Waals surface area contributed by atoms with Crippen LogP contribution in [-0.2, 0) is 24.4 Å². The number of rotatable bonds is 11. The maximum atomic E-state index is 13.6. The normalized spacial score (nSPS) is 12.3. The molecule has 8 nitrogen and oxygen atoms in total. The Morgan fingerprint density at radius 1 is 1.03 bits per heavy atom. The van der Waals surface area contributed by atoms with Gasteiger partial charge in [-0.1, -0.05) is 61.9 Å². The lowest BCUT2D eigenvalue weighted by Gasteiger charge is -2.15. The fourth-order valence-corrected chi connectivity index (χ4v) is 5.14. The Bertz CT molecular complexity index is 1560. The Balaban J connectivity index is 1.48. The Morgan fingerprint density at radius 2 is 1.79 bits per heavy atom. The highest BCUT2D eigenvalue weighted by Crippen LogP contribution is 2.32. The molecule has 0 radical (unpaired) electrons. The number of imidazole rings is 1. The summed E-state index contributed by atoms with van der Waals surface area (Å²) in [6.07, 6.45) is 2.65. The highest BCUT2D eigenvalue weighted by Gasteiger charge is 2.19. The summed E-state index contributed by atoms with van der Waals surface area (Å²) in [5, 5.41) is 12.4. The van der Waals surface area contributed by atoms with E-state index in [1.54, 1.807) is 4.68 Å². The zero-order valence-electron chi connectivity index (χ0n) is 22.3. The van der Waals surface area contributed by atoms with Crippen LogP contribution < -0.4 is 0 Å². The van der Waals surface area contributed by atoms with E-state index in [0.29, 0.717) is 34.8 Å². The SMILES string of the molecule is CCCCc1nc2cc(Br)c(CF)nc2n1Cc1ccc(-c2ccccc2-c2nnnn2C(C)OCC)cc1. The van der Waals surface area contributed by atoms with Crippen LogP contribution in [0.25, 0.3) is 33.7 Å². The lowest BCUT2D eigenvalue weighted by atomic mass is 9.98. The third kappa shape index (κ3) is 5.62. The molecule has 202 valence electrons. The van der Waals surface area contributed by atoms with Crippen molar-refractivity contribution in [2.45, 2.75) is 59.5 Å². The van der Waals surface area contributed by atoms with Crippen molar-refractivity contribution in [3.63, 3.8) is 0 Å². The van der Waals surface area contributed by atoms with Crippen LogP contribution in [-0.4, -0.2) is 41.3 Å². The predicted octanol–water partition coefficient (Wildman–Crippen LogP) is 6.93. The largest absolute Gasteiger partial charge is 0.357 e. The quantitative estimate of drug-likeness (QED) is 0.165. The van der Waals surface area contributed by atoms with Crippen molar-refractivity contribution in [1.29, 1.82) is 0 Å². The van der Waals surface area contributed by atoms with Gasteiger partial charge in [-0.05, 0) is 69.4 Å². The fraction of sp³-hybridized carbons (Fsp3) is 0.345. The molecule has 0 N–H and O–H groups in total. The number of aryl methyl sites for hydroxylation is 1. The second-order valence-electron chi connectivity index (χ2n) is 9.36. The first kappa shape index (κ1) is 27.1. The summed E-state index contributed by atoms with van der Waals surface area (Å²) < 4.78 is 23.8. The lowest BCUT2D eigenvalue weighted by Crippen LogP contribution is -2.12. The van der Waals surface area contributed by atoms with Gasteiger partial charge in [-0.25, -0.2) is 14.4 Å². The summed E-state index contributed by atoms with van der Waals surface area (Å²) in [5.41, 5.74) is 5.98. The summed E-state index contributed by atoms with van der Waals surface area (Å²) in [7, 11) is 0. The first-order valence-electron chi connectivity index (χ1n) is 13.2. The molecule has 0 aliphatic rings. The zero-order valence-corrected chi connectivity index (χ0v) is 23.9. The number of ether oxygens (including phenoxy) is 1. The molecule has 3 aromatic heterocycles. The Labute approximate surface area is 235 Å². The minimum absolute atomic E-state index is 0.283. The van der Waals surface area contributed by atoms with E-state index in [2.05, 4.69) is 78.3 Å². The van der Waals surface area contributed by atoms with Gasteiger partial charge in [-0.3, -0.25) is 0 Å². The van der Waals surface area contributed by atoms with Crippen LogP contribution in [0.15, 0.2) is 59.1 Å². The smallest absolute Gasteiger partial charge is 0.185 e. The fourth-order valence-electron chi connectivity index (χ4n) is 4.72. The van der Waals surface area contributed by atoms with Crippen molar-refractivity contribution in [2.24, 2.45) is 0 Å². The van der Waals surface area contributed by atoms with Crippen LogP contribution in [0, 0.1) is 0 Å². The number of alkyl halides is 1. The molecule has 5 aromatic rings.